The van der Waals surface area contributed by atoms with E-state index in [4.69, 9.17) is 9.97 Å². The monoisotopic (exact) mass is 483 g/mol. The maximum Gasteiger partial charge on any atom is 0.233 e. The van der Waals surface area contributed by atoms with Crippen molar-refractivity contribution >= 4 is 11.4 Å². The van der Waals surface area contributed by atoms with E-state index in [2.05, 4.69) is 26.5 Å². The number of hydrogen-bond donors (Lipinski definition) is 0. The molecule has 0 saturated heterocycles. The second-order valence-corrected chi connectivity index (χ2v) is 8.49. The Labute approximate surface area is 215 Å². The summed E-state index contributed by atoms with van der Waals surface area (Å²) in [6, 6.07) is 19.0. The lowest BCUT2D eigenvalue weighted by Gasteiger charge is -2.22. The number of hydrogen-bond acceptors (Lipinski definition) is 7. The van der Waals surface area contributed by atoms with Gasteiger partial charge in [0.25, 0.3) is 0 Å². The van der Waals surface area contributed by atoms with E-state index in [1.165, 1.54) is 0 Å². The molecule has 8 nitrogen and oxygen atoms in total. The van der Waals surface area contributed by atoms with Crippen molar-refractivity contribution in [2.75, 3.05) is 0 Å². The molecule has 1 aliphatic carbocycles. The fourth-order valence-corrected chi connectivity index (χ4v) is 4.52. The van der Waals surface area contributed by atoms with E-state index in [-0.39, 0.29) is 0 Å². The maximum atomic E-state index is 9.54. The van der Waals surface area contributed by atoms with Gasteiger partial charge in [-0.05, 0) is 24.6 Å². The summed E-state index contributed by atoms with van der Waals surface area (Å²) in [6.07, 6.45) is 10.8. The first-order valence-electron chi connectivity index (χ1n) is 12.1. The molecule has 3 aromatic heterocycles. The number of nitrogens with zero attached hydrogens (tertiary/aromatic N) is 8. The zero-order chi connectivity index (χ0) is 25.6. The van der Waals surface area contributed by atoms with Crippen LogP contribution in [0.2, 0.25) is 0 Å². The first kappa shape index (κ1) is 23.7. The average molecular weight is 484 g/mol. The van der Waals surface area contributed by atoms with Crippen molar-refractivity contribution in [3.05, 3.63) is 95.6 Å². The zero-order valence-corrected chi connectivity index (χ0v) is 20.3. The van der Waals surface area contributed by atoms with Gasteiger partial charge >= 0.3 is 0 Å². The molecule has 0 amide bonds. The molecule has 0 unspecified atom stereocenters. The largest absolute Gasteiger partial charge is 0.255 e. The Morgan fingerprint density at radius 3 is 2.03 bits per heavy atom. The number of unbranched alkanes of at least 4 members (excludes halogenated alkanes) is 2. The number of rotatable bonds is 6. The molecule has 1 aliphatic rings. The lowest BCUT2D eigenvalue weighted by Crippen LogP contribution is -2.36. The molecule has 0 N–H and O–H groups in total. The summed E-state index contributed by atoms with van der Waals surface area (Å²) in [7, 11) is 0. The minimum Gasteiger partial charge on any atom is -0.255 e. The maximum absolute atomic E-state index is 9.54. The van der Waals surface area contributed by atoms with Crippen molar-refractivity contribution in [1.82, 2.24) is 15.0 Å². The van der Waals surface area contributed by atoms with Crippen LogP contribution >= 0.6 is 0 Å². The number of benzene rings is 1. The van der Waals surface area contributed by atoms with E-state index in [1.807, 2.05) is 79.2 Å². The fourth-order valence-electron chi connectivity index (χ4n) is 4.52. The third kappa shape index (κ3) is 4.49. The topological polar surface area (TPSA) is 115 Å². The SMILES string of the molecule is CCCCC[n+]1ccccc1-c1nc2c(nc1-c1ccccn1)C(=NC#N)c1ccccc1C2=NC#N. The van der Waals surface area contributed by atoms with Crippen LogP contribution in [0.4, 0.5) is 0 Å². The van der Waals surface area contributed by atoms with Crippen LogP contribution in [0, 0.1) is 22.9 Å². The highest BCUT2D eigenvalue weighted by atomic mass is 15.0. The predicted octanol–water partition coefficient (Wildman–Crippen LogP) is 4.63. The second kappa shape index (κ2) is 10.7. The van der Waals surface area contributed by atoms with Crippen LogP contribution in [-0.2, 0) is 6.54 Å². The van der Waals surface area contributed by atoms with E-state index in [9.17, 15) is 10.5 Å². The number of aryl methyl sites for hydroxylation is 1. The van der Waals surface area contributed by atoms with Crippen LogP contribution in [0.25, 0.3) is 22.8 Å². The number of nitriles is 2. The van der Waals surface area contributed by atoms with Crippen molar-refractivity contribution in [1.29, 1.82) is 10.5 Å². The number of aliphatic imine (C=N–C) groups is 2. The molecule has 0 spiro atoms. The molecular formula is C29H23N8+. The highest BCUT2D eigenvalue weighted by Gasteiger charge is 2.33. The van der Waals surface area contributed by atoms with E-state index in [0.717, 1.165) is 31.5 Å². The van der Waals surface area contributed by atoms with Gasteiger partial charge in [0.1, 0.15) is 35.0 Å². The summed E-state index contributed by atoms with van der Waals surface area (Å²) < 4.78 is 2.17. The molecule has 37 heavy (non-hydrogen) atoms. The molecule has 0 bridgehead atoms. The first-order valence-corrected chi connectivity index (χ1v) is 12.1. The summed E-state index contributed by atoms with van der Waals surface area (Å²) in [6.45, 7) is 3.01. The van der Waals surface area contributed by atoms with Crippen molar-refractivity contribution in [2.24, 2.45) is 9.98 Å². The highest BCUT2D eigenvalue weighted by molar-refractivity contribution is 6.30. The lowest BCUT2D eigenvalue weighted by atomic mass is 9.88. The van der Waals surface area contributed by atoms with Crippen molar-refractivity contribution in [3.63, 3.8) is 0 Å². The van der Waals surface area contributed by atoms with Gasteiger partial charge in [0.15, 0.2) is 11.9 Å². The Hall–Kier alpha value is -5.08. The fraction of sp³-hybridized carbons (Fsp3) is 0.172. The first-order chi connectivity index (χ1) is 18.3. The van der Waals surface area contributed by atoms with Crippen LogP contribution in [0.15, 0.2) is 83.0 Å². The summed E-state index contributed by atoms with van der Waals surface area (Å²) in [5.41, 5.74) is 5.67. The van der Waals surface area contributed by atoms with E-state index < -0.39 is 0 Å². The van der Waals surface area contributed by atoms with Gasteiger partial charge in [-0.1, -0.05) is 43.7 Å². The molecule has 0 atom stereocenters. The Morgan fingerprint density at radius 2 is 1.41 bits per heavy atom. The second-order valence-electron chi connectivity index (χ2n) is 8.49. The third-order valence-corrected chi connectivity index (χ3v) is 6.20. The number of pyridine rings is 2. The van der Waals surface area contributed by atoms with Crippen LogP contribution in [0.3, 0.4) is 0 Å². The lowest BCUT2D eigenvalue weighted by molar-refractivity contribution is -0.686. The predicted molar refractivity (Wildman–Crippen MR) is 139 cm³/mol. The summed E-state index contributed by atoms with van der Waals surface area (Å²) in [5, 5.41) is 19.1. The molecule has 3 heterocycles. The molecule has 0 saturated carbocycles. The average Bonchev–Trinajstić information content (AvgIpc) is 2.95. The molecule has 0 fully saturated rings. The van der Waals surface area contributed by atoms with Crippen molar-refractivity contribution in [3.8, 4) is 35.2 Å². The van der Waals surface area contributed by atoms with Gasteiger partial charge < -0.3 is 0 Å². The van der Waals surface area contributed by atoms with Gasteiger partial charge in [-0.3, -0.25) is 4.98 Å². The van der Waals surface area contributed by atoms with Crippen molar-refractivity contribution < 1.29 is 4.57 Å². The molecule has 178 valence electrons. The smallest absolute Gasteiger partial charge is 0.233 e. The van der Waals surface area contributed by atoms with Crippen LogP contribution in [-0.4, -0.2) is 26.4 Å². The normalized spacial score (nSPS) is 14.0. The minimum absolute atomic E-state index is 0.394. The van der Waals surface area contributed by atoms with Crippen LogP contribution in [0.1, 0.15) is 48.7 Å². The number of aromatic nitrogens is 4. The Morgan fingerprint density at radius 1 is 0.757 bits per heavy atom. The molecule has 1 aromatic carbocycles. The molecule has 0 radical (unpaired) electrons. The standard InChI is InChI=1S/C29H23N8/c1-2-3-9-16-37-17-10-7-14-23(37)27-26(22-13-6-8-15-32-22)35-28-24(33-18-30)20-11-4-5-12-21(20)25(34-19-31)29(28)36-27/h4-8,10-15,17H,2-3,9,16H2,1H3/q+1. The molecule has 0 aliphatic heterocycles. The van der Waals surface area contributed by atoms with Gasteiger partial charge in [0.2, 0.25) is 18.1 Å². The zero-order valence-electron chi connectivity index (χ0n) is 20.3. The quantitative estimate of drug-likeness (QED) is 0.198. The van der Waals surface area contributed by atoms with Gasteiger partial charge in [0.05, 0.1) is 5.69 Å². The highest BCUT2D eigenvalue weighted by Crippen LogP contribution is 2.33. The molecule has 4 aromatic rings. The van der Waals surface area contributed by atoms with E-state index in [1.54, 1.807) is 6.20 Å². The summed E-state index contributed by atoms with van der Waals surface area (Å²) in [5.74, 6) is 0. The molecule has 5 rings (SSSR count). The third-order valence-electron chi connectivity index (χ3n) is 6.20. The Balaban J connectivity index is 1.83. The molecule has 8 heteroatoms. The van der Waals surface area contributed by atoms with Gasteiger partial charge in [0, 0.05) is 35.9 Å². The van der Waals surface area contributed by atoms with Gasteiger partial charge in [-0.25, -0.2) is 9.97 Å². The van der Waals surface area contributed by atoms with Gasteiger partial charge in [-0.15, -0.1) is 0 Å². The Kier molecular flexibility index (Phi) is 6.82. The summed E-state index contributed by atoms with van der Waals surface area (Å²) in [4.78, 5) is 22.9. The number of fused-ring (bicyclic) bond motifs is 2. The van der Waals surface area contributed by atoms with E-state index >= 15 is 0 Å². The van der Waals surface area contributed by atoms with Gasteiger partial charge in [-0.2, -0.15) is 25.1 Å². The summed E-state index contributed by atoms with van der Waals surface area (Å²) >= 11 is 0. The Bertz CT molecular complexity index is 1610. The van der Waals surface area contributed by atoms with Crippen LogP contribution < -0.4 is 4.57 Å². The minimum atomic E-state index is 0.394. The molecular weight excluding hydrogens is 460 g/mol. The van der Waals surface area contributed by atoms with Crippen molar-refractivity contribution in [2.45, 2.75) is 32.7 Å². The van der Waals surface area contributed by atoms with E-state index in [0.29, 0.717) is 51.0 Å². The van der Waals surface area contributed by atoms with Crippen LogP contribution in [0.5, 0.6) is 0 Å².